The van der Waals surface area contributed by atoms with Gasteiger partial charge in [-0.05, 0) is 74.2 Å². The van der Waals surface area contributed by atoms with Gasteiger partial charge in [-0.25, -0.2) is 4.39 Å². The predicted octanol–water partition coefficient (Wildman–Crippen LogP) is 5.75. The molecule has 1 fully saturated rings. The van der Waals surface area contributed by atoms with Crippen molar-refractivity contribution >= 4 is 28.5 Å². The van der Waals surface area contributed by atoms with Crippen LogP contribution in [-0.4, -0.2) is 30.9 Å². The summed E-state index contributed by atoms with van der Waals surface area (Å²) < 4.78 is 19.8. The lowest BCUT2D eigenvalue weighted by Gasteiger charge is -2.35. The van der Waals surface area contributed by atoms with Crippen LogP contribution in [0.5, 0.6) is 0 Å². The fourth-order valence-electron chi connectivity index (χ4n) is 4.95. The van der Waals surface area contributed by atoms with Gasteiger partial charge in [0.05, 0.1) is 17.3 Å². The molecule has 1 heterocycles. The summed E-state index contributed by atoms with van der Waals surface area (Å²) in [4.78, 5) is 27.7. The molecule has 40 heavy (non-hydrogen) atoms. The summed E-state index contributed by atoms with van der Waals surface area (Å²) >= 11 is 0. The highest BCUT2D eigenvalue weighted by atomic mass is 19.1. The van der Waals surface area contributed by atoms with Gasteiger partial charge in [0.2, 0.25) is 0 Å². The van der Waals surface area contributed by atoms with E-state index in [4.69, 9.17) is 4.42 Å². The molecule has 2 amide bonds. The lowest BCUT2D eigenvalue weighted by atomic mass is 9.78. The van der Waals surface area contributed by atoms with Crippen LogP contribution in [0.2, 0.25) is 0 Å². The smallest absolute Gasteiger partial charge is 0.255 e. The number of amides is 2. The van der Waals surface area contributed by atoms with Crippen molar-refractivity contribution in [1.82, 2.24) is 10.6 Å². The minimum absolute atomic E-state index is 0.270. The largest absolute Gasteiger partial charge is 0.455 e. The van der Waals surface area contributed by atoms with Crippen LogP contribution in [0.25, 0.3) is 33.4 Å². The second-order valence-corrected chi connectivity index (χ2v) is 9.68. The van der Waals surface area contributed by atoms with Gasteiger partial charge >= 0.3 is 0 Å². The number of halogens is 1. The summed E-state index contributed by atoms with van der Waals surface area (Å²) in [6.45, 7) is 2.21. The van der Waals surface area contributed by atoms with Gasteiger partial charge in [-0.15, -0.1) is 0 Å². The Balaban J connectivity index is 1.69. The van der Waals surface area contributed by atoms with Gasteiger partial charge < -0.3 is 15.1 Å². The van der Waals surface area contributed by atoms with Gasteiger partial charge in [0.25, 0.3) is 11.8 Å². The van der Waals surface area contributed by atoms with E-state index in [0.717, 1.165) is 6.42 Å². The molecule has 0 atom stereocenters. The summed E-state index contributed by atoms with van der Waals surface area (Å²) in [7, 11) is 1.51. The van der Waals surface area contributed by atoms with Gasteiger partial charge in [-0.1, -0.05) is 12.1 Å². The third-order valence-electron chi connectivity index (χ3n) is 7.30. The van der Waals surface area contributed by atoms with Crippen molar-refractivity contribution < 1.29 is 18.4 Å². The lowest BCUT2D eigenvalue weighted by Crippen LogP contribution is -2.52. The molecule has 9 heteroatoms. The zero-order valence-corrected chi connectivity index (χ0v) is 22.0. The van der Waals surface area contributed by atoms with Crippen molar-refractivity contribution in [3.63, 3.8) is 0 Å². The average Bonchev–Trinajstić information content (AvgIpc) is 3.33. The highest BCUT2D eigenvalue weighted by molar-refractivity contribution is 6.13. The van der Waals surface area contributed by atoms with Crippen molar-refractivity contribution in [2.24, 2.45) is 0 Å². The number of nitriles is 2. The molecule has 5 rings (SSSR count). The van der Waals surface area contributed by atoms with Crippen LogP contribution in [0, 0.1) is 28.6 Å². The summed E-state index contributed by atoms with van der Waals surface area (Å²) in [6, 6.07) is 18.3. The van der Waals surface area contributed by atoms with E-state index < -0.39 is 11.4 Å². The maximum Gasteiger partial charge on any atom is 0.255 e. The van der Waals surface area contributed by atoms with Crippen molar-refractivity contribution in [2.45, 2.75) is 31.7 Å². The number of nitrogens with zero attached hydrogens (tertiary/aromatic N) is 3. The topological polar surface area (TPSA) is 122 Å². The summed E-state index contributed by atoms with van der Waals surface area (Å²) in [6.07, 6.45) is 4.30. The standard InChI is InChI=1S/C31H26FN5O3/c1-3-37(18-34)25-16-26-24(27(30(39)35-2)28(40-26)19-8-10-22(32)11-9-19)15-23(25)20-6-4-7-21(14-20)29(38)36-31(17-33)12-5-13-31/h4,6-11,14-16H,3,5,12-13H2,1-2H3,(H,35,39)(H,36,38). The molecule has 0 bridgehead atoms. The average molecular weight is 536 g/mol. The SMILES string of the molecule is CCN(C#N)c1cc2oc(-c3ccc(F)cc3)c(C(=O)NC)c2cc1-c1cccc(C(=O)NC2(C#N)CCC2)c1. The molecule has 1 aromatic heterocycles. The van der Waals surface area contributed by atoms with E-state index in [1.165, 1.54) is 36.2 Å². The Morgan fingerprint density at radius 3 is 2.40 bits per heavy atom. The number of hydrogen-bond donors (Lipinski definition) is 2. The van der Waals surface area contributed by atoms with Crippen LogP contribution in [0.1, 0.15) is 46.9 Å². The number of furan rings is 1. The number of anilines is 1. The highest BCUT2D eigenvalue weighted by Crippen LogP contribution is 2.41. The summed E-state index contributed by atoms with van der Waals surface area (Å²) in [5.41, 5.74) is 2.49. The molecule has 1 saturated carbocycles. The number of carbonyl (C=O) groups is 2. The molecular formula is C31H26FN5O3. The first-order valence-electron chi connectivity index (χ1n) is 12.9. The second-order valence-electron chi connectivity index (χ2n) is 9.68. The van der Waals surface area contributed by atoms with E-state index in [0.29, 0.717) is 58.3 Å². The van der Waals surface area contributed by atoms with Crippen LogP contribution in [0.15, 0.2) is 65.1 Å². The van der Waals surface area contributed by atoms with E-state index in [2.05, 4.69) is 22.9 Å². The molecule has 2 N–H and O–H groups in total. The monoisotopic (exact) mass is 535 g/mol. The second kappa shape index (κ2) is 10.5. The molecule has 1 aliphatic rings. The Bertz CT molecular complexity index is 1710. The zero-order chi connectivity index (χ0) is 28.4. The zero-order valence-electron chi connectivity index (χ0n) is 22.0. The van der Waals surface area contributed by atoms with Gasteiger partial charge in [-0.3, -0.25) is 14.5 Å². The fraction of sp³-hybridized carbons (Fsp3) is 0.226. The quantitative estimate of drug-likeness (QED) is 0.230. The number of hydrogen-bond acceptors (Lipinski definition) is 6. The maximum absolute atomic E-state index is 13.6. The third kappa shape index (κ3) is 4.63. The first-order chi connectivity index (χ1) is 19.3. The lowest BCUT2D eigenvalue weighted by molar-refractivity contribution is 0.0880. The number of rotatable bonds is 7. The number of carbonyl (C=O) groups excluding carboxylic acids is 2. The Kier molecular flexibility index (Phi) is 6.98. The van der Waals surface area contributed by atoms with Crippen LogP contribution >= 0.6 is 0 Å². The van der Waals surface area contributed by atoms with Crippen LogP contribution < -0.4 is 15.5 Å². The number of benzene rings is 3. The molecule has 0 aliphatic heterocycles. The van der Waals surface area contributed by atoms with Crippen molar-refractivity contribution in [1.29, 1.82) is 10.5 Å². The fourth-order valence-corrected chi connectivity index (χ4v) is 4.95. The Labute approximate surface area is 230 Å². The summed E-state index contributed by atoms with van der Waals surface area (Å²) in [5.74, 6) is -0.889. The van der Waals surface area contributed by atoms with Gasteiger partial charge in [0, 0.05) is 41.7 Å². The predicted molar refractivity (Wildman–Crippen MR) is 149 cm³/mol. The Morgan fingerprint density at radius 2 is 1.80 bits per heavy atom. The highest BCUT2D eigenvalue weighted by Gasteiger charge is 2.38. The van der Waals surface area contributed by atoms with Gasteiger partial charge in [0.15, 0.2) is 6.19 Å². The molecule has 0 spiro atoms. The normalized spacial score (nSPS) is 13.5. The molecular weight excluding hydrogens is 509 g/mol. The van der Waals surface area contributed by atoms with Crippen molar-refractivity contribution in [3.8, 4) is 34.7 Å². The molecule has 0 unspecified atom stereocenters. The minimum atomic E-state index is -0.840. The molecule has 1 aliphatic carbocycles. The van der Waals surface area contributed by atoms with E-state index in [1.807, 2.05) is 13.0 Å². The van der Waals surface area contributed by atoms with Gasteiger partial charge in [-0.2, -0.15) is 10.5 Å². The number of fused-ring (bicyclic) bond motifs is 1. The van der Waals surface area contributed by atoms with Crippen molar-refractivity contribution in [3.05, 3.63) is 77.6 Å². The van der Waals surface area contributed by atoms with Crippen LogP contribution in [0.4, 0.5) is 10.1 Å². The number of nitrogens with one attached hydrogen (secondary N) is 2. The Morgan fingerprint density at radius 1 is 1.05 bits per heavy atom. The van der Waals surface area contributed by atoms with Crippen LogP contribution in [0.3, 0.4) is 0 Å². The molecule has 8 nitrogen and oxygen atoms in total. The molecule has 3 aromatic carbocycles. The van der Waals surface area contributed by atoms with Gasteiger partial charge in [0.1, 0.15) is 22.7 Å². The molecule has 0 saturated heterocycles. The first kappa shape index (κ1) is 26.5. The summed E-state index contributed by atoms with van der Waals surface area (Å²) in [5, 5.41) is 25.5. The Hall–Kier alpha value is -5.15. The molecule has 4 aromatic rings. The minimum Gasteiger partial charge on any atom is -0.455 e. The first-order valence-corrected chi connectivity index (χ1v) is 12.9. The van der Waals surface area contributed by atoms with E-state index in [9.17, 15) is 24.5 Å². The van der Waals surface area contributed by atoms with E-state index in [1.54, 1.807) is 30.3 Å². The third-order valence-corrected chi connectivity index (χ3v) is 7.30. The van der Waals surface area contributed by atoms with E-state index >= 15 is 0 Å². The molecule has 200 valence electrons. The molecule has 0 radical (unpaired) electrons. The van der Waals surface area contributed by atoms with Crippen LogP contribution in [-0.2, 0) is 0 Å². The maximum atomic E-state index is 13.6. The van der Waals surface area contributed by atoms with E-state index in [-0.39, 0.29) is 23.1 Å². The van der Waals surface area contributed by atoms with Crippen molar-refractivity contribution in [2.75, 3.05) is 18.5 Å².